The number of benzene rings is 9. The molecule has 0 atom stereocenters. The molecule has 4 N–H and O–H groups in total. The van der Waals surface area contributed by atoms with Gasteiger partial charge in [-0.1, -0.05) is 48.5 Å². The number of rotatable bonds is 15. The Hall–Kier alpha value is -8.92. The highest BCUT2D eigenvalue weighted by Crippen LogP contribution is 2.39. The Labute approximate surface area is 425 Å². The molecule has 0 aromatic heterocycles. The van der Waals surface area contributed by atoms with Gasteiger partial charge >= 0.3 is 0 Å². The van der Waals surface area contributed by atoms with Crippen molar-refractivity contribution in [3.05, 3.63) is 188 Å². The van der Waals surface area contributed by atoms with Crippen molar-refractivity contribution in [1.29, 1.82) is 0 Å². The van der Waals surface area contributed by atoms with Crippen LogP contribution in [0.1, 0.15) is 0 Å². The van der Waals surface area contributed by atoms with Crippen LogP contribution in [-0.4, -0.2) is 52.2 Å². The molecule has 10 rings (SSSR count). The summed E-state index contributed by atoms with van der Waals surface area (Å²) in [5.41, 5.74) is 8.74. The Balaban J connectivity index is 0.842. The fraction of sp³-hybridized carbons (Fsp3) is 0.0741. The lowest BCUT2D eigenvalue weighted by molar-refractivity contribution is 0.122. The van der Waals surface area contributed by atoms with Gasteiger partial charge in [-0.3, -0.25) is 9.11 Å². The Kier molecular flexibility index (Phi) is 14.1. The predicted octanol–water partition coefficient (Wildman–Crippen LogP) is 15.5. The quantitative estimate of drug-likeness (QED) is 0.0559. The van der Waals surface area contributed by atoms with Crippen LogP contribution in [0.3, 0.4) is 0 Å². The molecule has 0 radical (unpaired) electrons. The standard InChI is InChI=1S/C54H43N11O7S2/c66-73(67,68)45-20-18-41(19-21-45)60-64-54-27-26-53(49-23-22-46(35-50(49)54)74(69,70)71)63-59-40-16-12-37(13-17-40)56-43-32-42(33-44(34-43)65-28-30-72-31-29-65)55-36-10-14-39(15-11-36)58-62-52-25-24-51(47-8-4-5-9-48(47)52)61-57-38-6-2-1-3-7-38/h1-27,32-35,55-56H,28-31H2,(H,66,67,68)(H,69,70,71). The molecule has 74 heavy (non-hydrogen) atoms. The minimum absolute atomic E-state index is 0.239. The molecule has 1 aliphatic rings. The van der Waals surface area contributed by atoms with E-state index in [4.69, 9.17) is 4.74 Å². The van der Waals surface area contributed by atoms with Gasteiger partial charge in [0.05, 0.1) is 68.5 Å². The van der Waals surface area contributed by atoms with Crippen molar-refractivity contribution in [3.8, 4) is 0 Å². The predicted molar refractivity (Wildman–Crippen MR) is 286 cm³/mol. The summed E-state index contributed by atoms with van der Waals surface area (Å²) in [7, 11) is -8.97. The summed E-state index contributed by atoms with van der Waals surface area (Å²) in [5, 5.41) is 45.1. The van der Waals surface area contributed by atoms with Gasteiger partial charge < -0.3 is 20.3 Å². The highest BCUT2D eigenvalue weighted by Gasteiger charge is 2.16. The van der Waals surface area contributed by atoms with Crippen LogP contribution in [0.5, 0.6) is 0 Å². The topological polar surface area (TPSA) is 244 Å². The normalized spacial score (nSPS) is 13.5. The van der Waals surface area contributed by atoms with Crippen LogP contribution in [-0.2, 0) is 25.0 Å². The molecule has 1 heterocycles. The highest BCUT2D eigenvalue weighted by molar-refractivity contribution is 7.86. The van der Waals surface area contributed by atoms with E-state index >= 15 is 0 Å². The third kappa shape index (κ3) is 11.9. The monoisotopic (exact) mass is 1020 g/mol. The number of nitrogens with one attached hydrogen (secondary N) is 2. The molecular formula is C54H43N11O7S2. The molecule has 18 nitrogen and oxygen atoms in total. The minimum atomic E-state index is -4.57. The van der Waals surface area contributed by atoms with Crippen LogP contribution in [0.25, 0.3) is 21.5 Å². The second-order valence-corrected chi connectivity index (χ2v) is 19.6. The lowest BCUT2D eigenvalue weighted by atomic mass is 10.1. The highest BCUT2D eigenvalue weighted by atomic mass is 32.2. The van der Waals surface area contributed by atoms with Crippen molar-refractivity contribution in [2.45, 2.75) is 9.79 Å². The molecule has 20 heteroatoms. The molecular weight excluding hydrogens is 979 g/mol. The molecule has 9 aromatic rings. The smallest absolute Gasteiger partial charge is 0.294 e. The molecule has 0 bridgehead atoms. The molecule has 0 spiro atoms. The van der Waals surface area contributed by atoms with Gasteiger partial charge in [0.25, 0.3) is 20.2 Å². The maximum Gasteiger partial charge on any atom is 0.294 e. The zero-order valence-electron chi connectivity index (χ0n) is 39.0. The number of hydrogen-bond donors (Lipinski definition) is 4. The van der Waals surface area contributed by atoms with Crippen LogP contribution in [0.4, 0.5) is 73.9 Å². The third-order valence-electron chi connectivity index (χ3n) is 11.7. The van der Waals surface area contributed by atoms with Crippen molar-refractivity contribution < 1.29 is 30.7 Å². The zero-order valence-corrected chi connectivity index (χ0v) is 40.6. The molecule has 1 fully saturated rings. The number of morpholine rings is 1. The average molecular weight is 1020 g/mol. The van der Waals surface area contributed by atoms with Crippen LogP contribution in [0.15, 0.2) is 239 Å². The van der Waals surface area contributed by atoms with Gasteiger partial charge in [-0.2, -0.15) is 37.3 Å². The Morgan fingerprint density at radius 1 is 0.378 bits per heavy atom. The van der Waals surface area contributed by atoms with E-state index in [0.29, 0.717) is 46.7 Å². The van der Waals surface area contributed by atoms with Crippen molar-refractivity contribution in [2.75, 3.05) is 41.8 Å². The van der Waals surface area contributed by atoms with E-state index in [1.54, 1.807) is 24.3 Å². The van der Waals surface area contributed by atoms with Gasteiger partial charge in [0.2, 0.25) is 0 Å². The SMILES string of the molecule is O=S(=O)(O)c1ccc(N=Nc2ccc(N=Nc3ccc(Nc4cc(Nc5ccc(N=Nc6ccc(N=Nc7ccccc7)c7ccccc67)cc5)cc(N5CCOCC5)c4)cc3)c3ccc(S(=O)(=O)O)cc23)cc1. The lowest BCUT2D eigenvalue weighted by Crippen LogP contribution is -2.36. The zero-order chi connectivity index (χ0) is 51.1. The maximum absolute atomic E-state index is 12.1. The molecule has 0 saturated carbocycles. The first-order valence-corrected chi connectivity index (χ1v) is 25.8. The van der Waals surface area contributed by atoms with Gasteiger partial charge in [-0.05, 0) is 140 Å². The largest absolute Gasteiger partial charge is 0.378 e. The maximum atomic E-state index is 12.1. The second-order valence-electron chi connectivity index (χ2n) is 16.8. The van der Waals surface area contributed by atoms with E-state index in [1.165, 1.54) is 42.5 Å². The molecule has 368 valence electrons. The number of ether oxygens (including phenoxy) is 1. The summed E-state index contributed by atoms with van der Waals surface area (Å²) in [6.07, 6.45) is 0. The van der Waals surface area contributed by atoms with E-state index in [9.17, 15) is 25.9 Å². The first-order valence-electron chi connectivity index (χ1n) is 23.0. The first kappa shape index (κ1) is 48.7. The van der Waals surface area contributed by atoms with E-state index in [-0.39, 0.29) is 21.2 Å². The first-order chi connectivity index (χ1) is 35.9. The molecule has 1 saturated heterocycles. The van der Waals surface area contributed by atoms with Crippen molar-refractivity contribution >= 4 is 116 Å². The van der Waals surface area contributed by atoms with Crippen LogP contribution < -0.4 is 15.5 Å². The minimum Gasteiger partial charge on any atom is -0.378 e. The van der Waals surface area contributed by atoms with Crippen molar-refractivity contribution in [2.24, 2.45) is 40.9 Å². The van der Waals surface area contributed by atoms with Crippen LogP contribution in [0.2, 0.25) is 0 Å². The van der Waals surface area contributed by atoms with Gasteiger partial charge in [0, 0.05) is 63.1 Å². The van der Waals surface area contributed by atoms with Gasteiger partial charge in [0.15, 0.2) is 0 Å². The summed E-state index contributed by atoms with van der Waals surface area (Å²) < 4.78 is 71.9. The van der Waals surface area contributed by atoms with E-state index in [1.807, 2.05) is 109 Å². The Morgan fingerprint density at radius 3 is 1.23 bits per heavy atom. The molecule has 0 aliphatic carbocycles. The Bertz CT molecular complexity index is 3870. The number of azo groups is 4. The molecule has 0 amide bonds. The van der Waals surface area contributed by atoms with Crippen molar-refractivity contribution in [1.82, 2.24) is 0 Å². The summed E-state index contributed by atoms with van der Waals surface area (Å²) in [5.74, 6) is 0. The number of fused-ring (bicyclic) bond motifs is 2. The third-order valence-corrected chi connectivity index (χ3v) is 13.4. The fourth-order valence-electron chi connectivity index (χ4n) is 8.01. The van der Waals surface area contributed by atoms with E-state index < -0.39 is 20.2 Å². The van der Waals surface area contributed by atoms with Gasteiger partial charge in [-0.25, -0.2) is 0 Å². The average Bonchev–Trinajstić information content (AvgIpc) is 3.41. The summed E-state index contributed by atoms with van der Waals surface area (Å²) in [4.78, 5) is 1.61. The van der Waals surface area contributed by atoms with E-state index in [0.717, 1.165) is 63.7 Å². The Morgan fingerprint density at radius 2 is 0.770 bits per heavy atom. The summed E-state index contributed by atoms with van der Waals surface area (Å²) >= 11 is 0. The molecule has 1 aliphatic heterocycles. The summed E-state index contributed by atoms with van der Waals surface area (Å²) in [6, 6.07) is 54.9. The number of hydrogen-bond acceptors (Lipinski definition) is 16. The van der Waals surface area contributed by atoms with Crippen LogP contribution in [0, 0.1) is 0 Å². The molecule has 0 unspecified atom stereocenters. The van der Waals surface area contributed by atoms with Crippen molar-refractivity contribution in [3.63, 3.8) is 0 Å². The van der Waals surface area contributed by atoms with Gasteiger partial charge in [-0.15, -0.1) is 20.5 Å². The van der Waals surface area contributed by atoms with Crippen LogP contribution >= 0.6 is 0 Å². The summed E-state index contributed by atoms with van der Waals surface area (Å²) in [6.45, 7) is 2.75. The number of anilines is 5. The van der Waals surface area contributed by atoms with E-state index in [2.05, 4.69) is 68.6 Å². The lowest BCUT2D eigenvalue weighted by Gasteiger charge is -2.29. The van der Waals surface area contributed by atoms with Gasteiger partial charge in [0.1, 0.15) is 0 Å². The number of nitrogens with zero attached hydrogens (tertiary/aromatic N) is 9. The second kappa shape index (κ2) is 21.4. The molecule has 9 aromatic carbocycles. The fourth-order valence-corrected chi connectivity index (χ4v) is 9.00.